The van der Waals surface area contributed by atoms with Crippen molar-refractivity contribution < 1.29 is 14.7 Å². The molecule has 0 bridgehead atoms. The van der Waals surface area contributed by atoms with Gasteiger partial charge in [0.25, 0.3) is 11.8 Å². The fourth-order valence-corrected chi connectivity index (χ4v) is 3.21. The van der Waals surface area contributed by atoms with Gasteiger partial charge in [-0.2, -0.15) is 0 Å². The molecule has 0 radical (unpaired) electrons. The molecule has 156 valence electrons. The number of nitrogens with one attached hydrogen (secondary N) is 1. The molecule has 0 aliphatic heterocycles. The lowest BCUT2D eigenvalue weighted by Crippen LogP contribution is -2.25. The van der Waals surface area contributed by atoms with Crippen molar-refractivity contribution in [3.05, 3.63) is 59.7 Å². The SMILES string of the molecule is CCCCn1c(O)c(N=NC(=O)CCNC(=O)c2ccccc2)c2cc(C)ccc21. The minimum atomic E-state index is -0.468. The Labute approximate surface area is 175 Å². The molecule has 0 saturated heterocycles. The van der Waals surface area contributed by atoms with E-state index < -0.39 is 5.91 Å². The van der Waals surface area contributed by atoms with Gasteiger partial charge in [0.15, 0.2) is 5.69 Å². The van der Waals surface area contributed by atoms with E-state index in [9.17, 15) is 14.7 Å². The normalized spacial score (nSPS) is 11.3. The number of unbranched alkanes of at least 4 members (excludes halogenated alkanes) is 1. The van der Waals surface area contributed by atoms with E-state index in [1.54, 1.807) is 28.8 Å². The summed E-state index contributed by atoms with van der Waals surface area (Å²) in [5.41, 5.74) is 2.72. The predicted octanol–water partition coefficient (Wildman–Crippen LogP) is 4.89. The highest BCUT2D eigenvalue weighted by molar-refractivity contribution is 5.96. The Kier molecular flexibility index (Phi) is 6.95. The minimum Gasteiger partial charge on any atom is -0.493 e. The number of hydrogen-bond acceptors (Lipinski definition) is 4. The molecular formula is C23H26N4O3. The van der Waals surface area contributed by atoms with Crippen molar-refractivity contribution in [2.75, 3.05) is 6.54 Å². The molecule has 0 fully saturated rings. The van der Waals surface area contributed by atoms with Gasteiger partial charge in [0, 0.05) is 30.5 Å². The van der Waals surface area contributed by atoms with Crippen LogP contribution in [0.25, 0.3) is 10.9 Å². The average Bonchev–Trinajstić information content (AvgIpc) is 3.01. The first-order valence-corrected chi connectivity index (χ1v) is 10.1. The van der Waals surface area contributed by atoms with E-state index in [2.05, 4.69) is 22.5 Å². The Hall–Kier alpha value is -3.48. The maximum atomic E-state index is 12.1. The van der Waals surface area contributed by atoms with Crippen molar-refractivity contribution in [1.82, 2.24) is 9.88 Å². The number of hydrogen-bond donors (Lipinski definition) is 2. The molecule has 2 aromatic carbocycles. The molecule has 1 aromatic heterocycles. The van der Waals surface area contributed by atoms with Crippen molar-refractivity contribution in [1.29, 1.82) is 0 Å². The van der Waals surface area contributed by atoms with E-state index in [0.29, 0.717) is 17.8 Å². The summed E-state index contributed by atoms with van der Waals surface area (Å²) in [5.74, 6) is -0.699. The fraction of sp³-hybridized carbons (Fsp3) is 0.304. The first-order valence-electron chi connectivity index (χ1n) is 10.1. The summed E-state index contributed by atoms with van der Waals surface area (Å²) in [5, 5.41) is 21.9. The smallest absolute Gasteiger partial charge is 0.266 e. The van der Waals surface area contributed by atoms with Crippen LogP contribution in [0.2, 0.25) is 0 Å². The Morgan fingerprint density at radius 2 is 1.90 bits per heavy atom. The van der Waals surface area contributed by atoms with Crippen LogP contribution in [0.5, 0.6) is 5.88 Å². The van der Waals surface area contributed by atoms with Gasteiger partial charge in [0.2, 0.25) is 5.88 Å². The number of azo groups is 1. The van der Waals surface area contributed by atoms with E-state index in [1.807, 2.05) is 31.2 Å². The van der Waals surface area contributed by atoms with Gasteiger partial charge in [0.1, 0.15) is 0 Å². The highest BCUT2D eigenvalue weighted by Crippen LogP contribution is 2.39. The van der Waals surface area contributed by atoms with Gasteiger partial charge in [-0.25, -0.2) is 0 Å². The Morgan fingerprint density at radius 3 is 2.63 bits per heavy atom. The molecule has 7 nitrogen and oxygen atoms in total. The van der Waals surface area contributed by atoms with Crippen molar-refractivity contribution in [2.24, 2.45) is 10.2 Å². The number of amides is 2. The van der Waals surface area contributed by atoms with Crippen LogP contribution in [-0.4, -0.2) is 28.0 Å². The maximum absolute atomic E-state index is 12.1. The van der Waals surface area contributed by atoms with Gasteiger partial charge in [-0.1, -0.05) is 43.2 Å². The molecule has 0 spiro atoms. The number of aromatic hydroxyl groups is 1. The number of benzene rings is 2. The van der Waals surface area contributed by atoms with Crippen LogP contribution >= 0.6 is 0 Å². The van der Waals surface area contributed by atoms with Gasteiger partial charge >= 0.3 is 0 Å². The number of carbonyl (C=O) groups is 2. The highest BCUT2D eigenvalue weighted by Gasteiger charge is 2.17. The Bertz CT molecular complexity index is 1070. The van der Waals surface area contributed by atoms with Crippen LogP contribution in [0, 0.1) is 6.92 Å². The van der Waals surface area contributed by atoms with Crippen molar-refractivity contribution in [2.45, 2.75) is 39.7 Å². The third kappa shape index (κ3) is 4.92. The zero-order valence-electron chi connectivity index (χ0n) is 17.3. The van der Waals surface area contributed by atoms with Crippen LogP contribution < -0.4 is 5.32 Å². The molecule has 3 aromatic rings. The molecule has 3 rings (SSSR count). The summed E-state index contributed by atoms with van der Waals surface area (Å²) in [4.78, 5) is 24.1. The van der Waals surface area contributed by atoms with E-state index in [4.69, 9.17) is 0 Å². The fourth-order valence-electron chi connectivity index (χ4n) is 3.21. The van der Waals surface area contributed by atoms with E-state index in [1.165, 1.54) is 0 Å². The summed E-state index contributed by atoms with van der Waals surface area (Å²) < 4.78 is 1.80. The van der Waals surface area contributed by atoms with Crippen molar-refractivity contribution >= 4 is 28.4 Å². The van der Waals surface area contributed by atoms with Crippen molar-refractivity contribution in [3.63, 3.8) is 0 Å². The third-order valence-electron chi connectivity index (χ3n) is 4.82. The lowest BCUT2D eigenvalue weighted by atomic mass is 10.1. The summed E-state index contributed by atoms with van der Waals surface area (Å²) in [7, 11) is 0. The first-order chi connectivity index (χ1) is 14.5. The monoisotopic (exact) mass is 406 g/mol. The van der Waals surface area contributed by atoms with E-state index in [-0.39, 0.29) is 24.8 Å². The van der Waals surface area contributed by atoms with Crippen molar-refractivity contribution in [3.8, 4) is 5.88 Å². The number of rotatable bonds is 8. The third-order valence-corrected chi connectivity index (χ3v) is 4.82. The van der Waals surface area contributed by atoms with Gasteiger partial charge in [-0.05, 0) is 37.6 Å². The summed E-state index contributed by atoms with van der Waals surface area (Å²) in [6, 6.07) is 14.6. The molecular weight excluding hydrogens is 380 g/mol. The number of aromatic nitrogens is 1. The minimum absolute atomic E-state index is 0.0120. The largest absolute Gasteiger partial charge is 0.493 e. The number of aryl methyl sites for hydroxylation is 2. The zero-order valence-corrected chi connectivity index (χ0v) is 17.3. The van der Waals surface area contributed by atoms with E-state index in [0.717, 1.165) is 29.3 Å². The molecule has 0 unspecified atom stereocenters. The maximum Gasteiger partial charge on any atom is 0.266 e. The van der Waals surface area contributed by atoms with Gasteiger partial charge in [-0.3, -0.25) is 9.59 Å². The van der Waals surface area contributed by atoms with Gasteiger partial charge in [0.05, 0.1) is 5.52 Å². The lowest BCUT2D eigenvalue weighted by Gasteiger charge is -2.05. The quantitative estimate of drug-likeness (QED) is 0.522. The molecule has 7 heteroatoms. The molecule has 0 saturated carbocycles. The molecule has 30 heavy (non-hydrogen) atoms. The second-order valence-corrected chi connectivity index (χ2v) is 7.16. The van der Waals surface area contributed by atoms with Gasteiger partial charge < -0.3 is 15.0 Å². The topological polar surface area (TPSA) is 96.0 Å². The predicted molar refractivity (Wildman–Crippen MR) is 116 cm³/mol. The summed E-state index contributed by atoms with van der Waals surface area (Å²) in [6.45, 7) is 4.87. The average molecular weight is 406 g/mol. The number of fused-ring (bicyclic) bond motifs is 1. The molecule has 2 amide bonds. The highest BCUT2D eigenvalue weighted by atomic mass is 16.3. The summed E-state index contributed by atoms with van der Waals surface area (Å²) >= 11 is 0. The lowest BCUT2D eigenvalue weighted by molar-refractivity contribution is -0.118. The van der Waals surface area contributed by atoms with E-state index >= 15 is 0 Å². The Balaban J connectivity index is 1.69. The van der Waals surface area contributed by atoms with Crippen LogP contribution in [-0.2, 0) is 11.3 Å². The molecule has 1 heterocycles. The number of nitrogens with zero attached hydrogens (tertiary/aromatic N) is 3. The Morgan fingerprint density at radius 1 is 1.13 bits per heavy atom. The van der Waals surface area contributed by atoms with Crippen LogP contribution in [0.15, 0.2) is 58.8 Å². The van der Waals surface area contributed by atoms with Gasteiger partial charge in [-0.15, -0.1) is 10.2 Å². The van der Waals surface area contributed by atoms with Crippen LogP contribution in [0.4, 0.5) is 5.69 Å². The van der Waals surface area contributed by atoms with Crippen LogP contribution in [0.3, 0.4) is 0 Å². The molecule has 2 N–H and O–H groups in total. The standard InChI is InChI=1S/C23H26N4O3/c1-3-4-14-27-19-11-10-16(2)15-18(19)21(23(27)30)26-25-20(28)12-13-24-22(29)17-8-6-5-7-9-17/h5-11,15,30H,3-4,12-14H2,1-2H3,(H,24,29). The molecule has 0 atom stereocenters. The second kappa shape index (κ2) is 9.82. The molecule has 0 aliphatic rings. The first kappa shape index (κ1) is 21.2. The van der Waals surface area contributed by atoms with Crippen LogP contribution in [0.1, 0.15) is 42.1 Å². The zero-order chi connectivity index (χ0) is 21.5. The second-order valence-electron chi connectivity index (χ2n) is 7.16. The summed E-state index contributed by atoms with van der Waals surface area (Å²) in [6.07, 6.45) is 1.94. The number of carbonyl (C=O) groups excluding carboxylic acids is 2. The molecule has 0 aliphatic carbocycles.